The minimum Gasteiger partial charge on any atom is -0.296 e. The second kappa shape index (κ2) is 9.46. The van der Waals surface area contributed by atoms with Crippen LogP contribution in [0.2, 0.25) is 0 Å². The summed E-state index contributed by atoms with van der Waals surface area (Å²) in [6, 6.07) is 25.8. The first-order valence-corrected chi connectivity index (χ1v) is 13.6. The number of fused-ring (bicyclic) bond motifs is 4. The van der Waals surface area contributed by atoms with Crippen LogP contribution in [0.15, 0.2) is 139 Å². The van der Waals surface area contributed by atoms with E-state index in [2.05, 4.69) is 4.57 Å². The molecule has 0 amide bonds. The standard InChI is InChI=1S/C39H28N2/c1-2-37-40-35-23-9-10-24-36(35)41(37)28-16-11-15-27(25-28)38-31-18-5-7-20-33(31)39(34-21-8-6-19-32(34)38)30-22-12-14-26-13-3-4-17-29(26)30/h3-25H,2H2,1H3/i5D,6D,7D,8D,18D,19D,20D,21D. The van der Waals surface area contributed by atoms with E-state index in [1.54, 1.807) is 0 Å². The first-order valence-electron chi connectivity index (χ1n) is 17.6. The zero-order valence-corrected chi connectivity index (χ0v) is 22.3. The summed E-state index contributed by atoms with van der Waals surface area (Å²) in [7, 11) is 0. The molecular formula is C39H28N2. The molecule has 7 aromatic carbocycles. The molecule has 0 fully saturated rings. The number of aromatic nitrogens is 2. The summed E-state index contributed by atoms with van der Waals surface area (Å²) in [5.41, 5.74) is 4.33. The van der Waals surface area contributed by atoms with Crippen molar-refractivity contribution in [1.82, 2.24) is 9.55 Å². The maximum atomic E-state index is 9.30. The van der Waals surface area contributed by atoms with Crippen LogP contribution in [0, 0.1) is 0 Å². The van der Waals surface area contributed by atoms with Crippen molar-refractivity contribution < 1.29 is 11.0 Å². The van der Waals surface area contributed by atoms with E-state index in [-0.39, 0.29) is 45.7 Å². The van der Waals surface area contributed by atoms with E-state index in [0.29, 0.717) is 28.7 Å². The minimum absolute atomic E-state index is 0.190. The molecule has 0 radical (unpaired) electrons. The van der Waals surface area contributed by atoms with Crippen molar-refractivity contribution in [1.29, 1.82) is 0 Å². The first kappa shape index (κ1) is 16.8. The van der Waals surface area contributed by atoms with Gasteiger partial charge in [0, 0.05) is 12.1 Å². The number of hydrogen-bond acceptors (Lipinski definition) is 1. The fourth-order valence-electron chi connectivity index (χ4n) is 6.03. The van der Waals surface area contributed by atoms with Crippen LogP contribution in [-0.4, -0.2) is 9.55 Å². The third-order valence-corrected chi connectivity index (χ3v) is 7.77. The second-order valence-corrected chi connectivity index (χ2v) is 10.0. The molecule has 8 rings (SSSR count). The van der Waals surface area contributed by atoms with Crippen molar-refractivity contribution in [3.05, 3.63) is 145 Å². The van der Waals surface area contributed by atoms with Gasteiger partial charge in [0.2, 0.25) is 0 Å². The molecule has 194 valence electrons. The quantitative estimate of drug-likeness (QED) is 0.206. The summed E-state index contributed by atoms with van der Waals surface area (Å²) in [5.74, 6) is 0.836. The van der Waals surface area contributed by atoms with Gasteiger partial charge in [-0.05, 0) is 78.8 Å². The minimum atomic E-state index is -0.423. The summed E-state index contributed by atoms with van der Waals surface area (Å²) in [5, 5.41) is 2.45. The fourth-order valence-corrected chi connectivity index (χ4v) is 6.03. The molecule has 0 aliphatic carbocycles. The van der Waals surface area contributed by atoms with E-state index in [4.69, 9.17) is 10.5 Å². The second-order valence-electron chi connectivity index (χ2n) is 10.0. The SMILES string of the molecule is [2H]c1c([2H])c([2H])c2c(-c3cccc4ccccc34)c3c([2H])c([2H])c([2H])c([2H])c3c(-c3cccc(-n4c(CC)nc5ccccc54)c3)c2c1[2H]. The van der Waals surface area contributed by atoms with Gasteiger partial charge >= 0.3 is 0 Å². The highest BCUT2D eigenvalue weighted by molar-refractivity contribution is 6.23. The molecule has 1 aromatic heterocycles. The van der Waals surface area contributed by atoms with E-state index in [0.717, 1.165) is 33.3 Å². The number of benzene rings is 7. The summed E-state index contributed by atoms with van der Waals surface area (Å²) in [4.78, 5) is 4.84. The molecular weight excluding hydrogens is 496 g/mol. The van der Waals surface area contributed by atoms with Gasteiger partial charge in [-0.25, -0.2) is 4.98 Å². The van der Waals surface area contributed by atoms with Crippen LogP contribution in [0.25, 0.3) is 71.3 Å². The van der Waals surface area contributed by atoms with E-state index >= 15 is 0 Å². The molecule has 0 unspecified atom stereocenters. The Morgan fingerprint density at radius 3 is 2.02 bits per heavy atom. The van der Waals surface area contributed by atoms with Crippen molar-refractivity contribution >= 4 is 43.4 Å². The number of rotatable bonds is 4. The summed E-state index contributed by atoms with van der Waals surface area (Å²) < 4.78 is 74.2. The van der Waals surface area contributed by atoms with Gasteiger partial charge in [-0.2, -0.15) is 0 Å². The van der Waals surface area contributed by atoms with Crippen molar-refractivity contribution in [2.24, 2.45) is 0 Å². The lowest BCUT2D eigenvalue weighted by Crippen LogP contribution is -2.00. The smallest absolute Gasteiger partial charge is 0.114 e. The fraction of sp³-hybridized carbons (Fsp3) is 0.0513. The van der Waals surface area contributed by atoms with E-state index in [9.17, 15) is 5.48 Å². The lowest BCUT2D eigenvalue weighted by atomic mass is 9.84. The molecule has 0 atom stereocenters. The maximum Gasteiger partial charge on any atom is 0.114 e. The Kier molecular flexibility index (Phi) is 3.88. The monoisotopic (exact) mass is 532 g/mol. The Morgan fingerprint density at radius 1 is 0.634 bits per heavy atom. The highest BCUT2D eigenvalue weighted by Crippen LogP contribution is 2.45. The molecule has 0 saturated heterocycles. The topological polar surface area (TPSA) is 17.8 Å². The average Bonchev–Trinajstić information content (AvgIpc) is 3.52. The summed E-state index contributed by atoms with van der Waals surface area (Å²) >= 11 is 0. The van der Waals surface area contributed by atoms with E-state index in [1.165, 1.54) is 0 Å². The van der Waals surface area contributed by atoms with Crippen molar-refractivity contribution in [2.75, 3.05) is 0 Å². The largest absolute Gasteiger partial charge is 0.296 e. The van der Waals surface area contributed by atoms with Crippen LogP contribution in [0.4, 0.5) is 0 Å². The van der Waals surface area contributed by atoms with Crippen LogP contribution in [0.1, 0.15) is 23.7 Å². The average molecular weight is 533 g/mol. The first-order chi connectivity index (χ1) is 23.6. The molecule has 0 aliphatic rings. The molecule has 0 N–H and O–H groups in total. The summed E-state index contributed by atoms with van der Waals surface area (Å²) in [6.45, 7) is 2.03. The Labute approximate surface area is 250 Å². The van der Waals surface area contributed by atoms with Crippen molar-refractivity contribution in [3.8, 4) is 27.9 Å². The normalized spacial score (nSPS) is 14.4. The van der Waals surface area contributed by atoms with Gasteiger partial charge in [0.1, 0.15) is 5.82 Å². The number of imidazole rings is 1. The zero-order valence-electron chi connectivity index (χ0n) is 30.3. The molecule has 0 bridgehead atoms. The third kappa shape index (κ3) is 3.68. The van der Waals surface area contributed by atoms with E-state index < -0.39 is 24.2 Å². The molecule has 0 aliphatic heterocycles. The van der Waals surface area contributed by atoms with Gasteiger partial charge in [0.05, 0.1) is 22.0 Å². The maximum absolute atomic E-state index is 9.30. The van der Waals surface area contributed by atoms with Gasteiger partial charge in [0.15, 0.2) is 0 Å². The Morgan fingerprint density at radius 2 is 1.27 bits per heavy atom. The van der Waals surface area contributed by atoms with Crippen LogP contribution in [0.5, 0.6) is 0 Å². The van der Waals surface area contributed by atoms with Crippen LogP contribution in [0.3, 0.4) is 0 Å². The van der Waals surface area contributed by atoms with Gasteiger partial charge in [-0.15, -0.1) is 0 Å². The number of nitrogens with zero attached hydrogens (tertiary/aromatic N) is 2. The lowest BCUT2D eigenvalue weighted by Gasteiger charge is -2.19. The van der Waals surface area contributed by atoms with Gasteiger partial charge in [0.25, 0.3) is 0 Å². The lowest BCUT2D eigenvalue weighted by molar-refractivity contribution is 0.908. The van der Waals surface area contributed by atoms with Gasteiger partial charge in [-0.1, -0.05) is 122 Å². The molecule has 2 heteroatoms. The Bertz CT molecular complexity index is 2610. The predicted molar refractivity (Wildman–Crippen MR) is 174 cm³/mol. The van der Waals surface area contributed by atoms with Crippen molar-refractivity contribution in [2.45, 2.75) is 13.3 Å². The highest BCUT2D eigenvalue weighted by atomic mass is 15.1. The molecule has 41 heavy (non-hydrogen) atoms. The number of hydrogen-bond donors (Lipinski definition) is 0. The molecule has 1 heterocycles. The Hall–Kier alpha value is -5.21. The van der Waals surface area contributed by atoms with Crippen molar-refractivity contribution in [3.63, 3.8) is 0 Å². The number of aryl methyl sites for hydroxylation is 1. The third-order valence-electron chi connectivity index (χ3n) is 7.77. The molecule has 2 nitrogen and oxygen atoms in total. The predicted octanol–water partition coefficient (Wildman–Crippen LogP) is 10.4. The molecule has 0 saturated carbocycles. The van der Waals surface area contributed by atoms with Gasteiger partial charge in [-0.3, -0.25) is 4.57 Å². The Balaban J connectivity index is 1.62. The molecule has 8 aromatic rings. The highest BCUT2D eigenvalue weighted by Gasteiger charge is 2.18. The van der Waals surface area contributed by atoms with Crippen LogP contribution >= 0.6 is 0 Å². The van der Waals surface area contributed by atoms with Crippen LogP contribution in [-0.2, 0) is 6.42 Å². The van der Waals surface area contributed by atoms with Crippen LogP contribution < -0.4 is 0 Å². The number of para-hydroxylation sites is 2. The van der Waals surface area contributed by atoms with E-state index in [1.807, 2.05) is 97.9 Å². The molecule has 0 spiro atoms. The zero-order chi connectivity index (χ0) is 34.3. The van der Waals surface area contributed by atoms with Gasteiger partial charge < -0.3 is 0 Å². The summed E-state index contributed by atoms with van der Waals surface area (Å²) in [6.07, 6.45) is 0.658.